The second-order valence-electron chi connectivity index (χ2n) is 8.08. The molecule has 0 unspecified atom stereocenters. The van der Waals surface area contributed by atoms with E-state index in [0.29, 0.717) is 24.6 Å². The Morgan fingerprint density at radius 3 is 2.11 bits per heavy atom. The monoisotopic (exact) mass is 528 g/mol. The third-order valence-corrected chi connectivity index (χ3v) is 5.42. The van der Waals surface area contributed by atoms with Gasteiger partial charge in [-0.3, -0.25) is 0 Å². The number of ether oxygens (including phenoxy) is 5. The molecule has 6 nitrogen and oxygen atoms in total. The molecule has 36 heavy (non-hydrogen) atoms. The van der Waals surface area contributed by atoms with E-state index in [2.05, 4.69) is 9.47 Å². The fourth-order valence-electron chi connectivity index (χ4n) is 3.91. The molecule has 2 saturated heterocycles. The van der Waals surface area contributed by atoms with E-state index in [1.807, 2.05) is 6.92 Å². The predicted octanol–water partition coefficient (Wildman–Crippen LogP) is 5.64. The first-order valence-electron chi connectivity index (χ1n) is 10.3. The van der Waals surface area contributed by atoms with Crippen LogP contribution in [0.4, 0.5) is 35.1 Å². The Kier molecular flexibility index (Phi) is 6.52. The number of hydrogen-bond acceptors (Lipinski definition) is 6. The molecule has 2 aromatic carbocycles. The van der Waals surface area contributed by atoms with Crippen LogP contribution in [0.2, 0.25) is 0 Å². The zero-order valence-corrected chi connectivity index (χ0v) is 18.2. The standard InChI is InChI=1S/C22H16F8O6/c1-2-5-19-9-32-21(35-19,33-10-19)11-6-15(24)17(16(25)7-11)18(31)34-12-3-4-13(14(23)8-12)20(26,27)36-22(28,29)30/h3-4,6-8H,2,5,9-10H2,1H3. The van der Waals surface area contributed by atoms with Gasteiger partial charge >= 0.3 is 24.4 Å². The molecule has 2 bridgehead atoms. The van der Waals surface area contributed by atoms with Crippen molar-refractivity contribution in [3.05, 3.63) is 64.5 Å². The van der Waals surface area contributed by atoms with Crippen molar-refractivity contribution in [3.8, 4) is 5.75 Å². The molecule has 196 valence electrons. The fraction of sp³-hybridized carbons (Fsp3) is 0.409. The van der Waals surface area contributed by atoms with Gasteiger partial charge in [0.2, 0.25) is 0 Å². The van der Waals surface area contributed by atoms with Crippen LogP contribution in [0, 0.1) is 17.5 Å². The first kappa shape index (κ1) is 26.3. The van der Waals surface area contributed by atoms with Crippen molar-refractivity contribution in [2.75, 3.05) is 13.2 Å². The topological polar surface area (TPSA) is 63.2 Å². The van der Waals surface area contributed by atoms with Gasteiger partial charge < -0.3 is 18.9 Å². The highest BCUT2D eigenvalue weighted by Gasteiger charge is 2.60. The molecule has 0 aliphatic carbocycles. The van der Waals surface area contributed by atoms with Crippen molar-refractivity contribution in [2.24, 2.45) is 0 Å². The Labute approximate surface area is 197 Å². The number of alkyl halides is 5. The quantitative estimate of drug-likeness (QED) is 0.264. The smallest absolute Gasteiger partial charge is 0.423 e. The van der Waals surface area contributed by atoms with Gasteiger partial charge in [0.25, 0.3) is 0 Å². The normalized spacial score (nSPS) is 23.8. The second-order valence-corrected chi connectivity index (χ2v) is 8.08. The van der Waals surface area contributed by atoms with E-state index in [4.69, 9.17) is 14.2 Å². The van der Waals surface area contributed by atoms with Gasteiger partial charge in [0.15, 0.2) is 0 Å². The van der Waals surface area contributed by atoms with Gasteiger partial charge in [0.1, 0.15) is 34.4 Å². The van der Waals surface area contributed by atoms with Crippen molar-refractivity contribution in [1.82, 2.24) is 0 Å². The second kappa shape index (κ2) is 8.94. The lowest BCUT2D eigenvalue weighted by Crippen LogP contribution is -2.35. The van der Waals surface area contributed by atoms with Gasteiger partial charge in [-0.1, -0.05) is 13.3 Å². The van der Waals surface area contributed by atoms with Crippen LogP contribution in [0.25, 0.3) is 0 Å². The minimum Gasteiger partial charge on any atom is -0.423 e. The first-order valence-corrected chi connectivity index (χ1v) is 10.3. The number of esters is 1. The highest BCUT2D eigenvalue weighted by atomic mass is 19.4. The van der Waals surface area contributed by atoms with E-state index in [-0.39, 0.29) is 30.9 Å². The van der Waals surface area contributed by atoms with Crippen LogP contribution in [0.5, 0.6) is 5.75 Å². The maximum Gasteiger partial charge on any atom is 0.527 e. The summed E-state index contributed by atoms with van der Waals surface area (Å²) in [6.07, 6.45) is -9.59. The van der Waals surface area contributed by atoms with Gasteiger partial charge in [-0.15, -0.1) is 13.2 Å². The van der Waals surface area contributed by atoms with E-state index in [1.165, 1.54) is 0 Å². The van der Waals surface area contributed by atoms with Crippen LogP contribution in [0.15, 0.2) is 30.3 Å². The molecule has 2 heterocycles. The molecule has 2 aromatic rings. The van der Waals surface area contributed by atoms with Crippen LogP contribution < -0.4 is 4.74 Å². The molecule has 0 aromatic heterocycles. The van der Waals surface area contributed by atoms with Crippen molar-refractivity contribution < 1.29 is 63.6 Å². The van der Waals surface area contributed by atoms with Crippen LogP contribution in [0.3, 0.4) is 0 Å². The van der Waals surface area contributed by atoms with E-state index in [0.717, 1.165) is 6.42 Å². The van der Waals surface area contributed by atoms with Gasteiger partial charge in [-0.2, -0.15) is 8.78 Å². The molecule has 2 aliphatic rings. The van der Waals surface area contributed by atoms with Gasteiger partial charge in [0.05, 0.1) is 18.8 Å². The van der Waals surface area contributed by atoms with E-state index >= 15 is 0 Å². The Bertz CT molecular complexity index is 1150. The number of carbonyl (C=O) groups is 1. The summed E-state index contributed by atoms with van der Waals surface area (Å²) in [4.78, 5) is 12.3. The maximum atomic E-state index is 14.7. The van der Waals surface area contributed by atoms with E-state index in [1.54, 1.807) is 0 Å². The summed E-state index contributed by atoms with van der Waals surface area (Å²) in [5.74, 6) is -9.17. The lowest BCUT2D eigenvalue weighted by molar-refractivity contribution is -0.432. The molecule has 2 fully saturated rings. The van der Waals surface area contributed by atoms with Crippen molar-refractivity contribution >= 4 is 5.97 Å². The van der Waals surface area contributed by atoms with Gasteiger partial charge in [0, 0.05) is 11.6 Å². The van der Waals surface area contributed by atoms with Gasteiger partial charge in [-0.05, 0) is 30.7 Å². The lowest BCUT2D eigenvalue weighted by atomic mass is 10.0. The summed E-state index contributed by atoms with van der Waals surface area (Å²) in [5.41, 5.74) is -4.03. The van der Waals surface area contributed by atoms with Crippen LogP contribution in [0.1, 0.15) is 41.3 Å². The van der Waals surface area contributed by atoms with E-state index < -0.39 is 64.3 Å². The molecule has 2 aliphatic heterocycles. The molecule has 0 spiro atoms. The lowest BCUT2D eigenvalue weighted by Gasteiger charge is -2.24. The third-order valence-electron chi connectivity index (χ3n) is 5.42. The van der Waals surface area contributed by atoms with Crippen molar-refractivity contribution in [1.29, 1.82) is 0 Å². The minimum absolute atomic E-state index is 0.114. The molecule has 0 N–H and O–H groups in total. The maximum absolute atomic E-state index is 14.7. The molecule has 0 amide bonds. The van der Waals surface area contributed by atoms with E-state index in [9.17, 15) is 39.9 Å². The van der Waals surface area contributed by atoms with Crippen LogP contribution >= 0.6 is 0 Å². The number of benzene rings is 2. The summed E-state index contributed by atoms with van der Waals surface area (Å²) in [6, 6.07) is 2.21. The number of rotatable bonds is 7. The minimum atomic E-state index is -5.78. The van der Waals surface area contributed by atoms with Crippen molar-refractivity contribution in [3.63, 3.8) is 0 Å². The molecule has 14 heteroatoms. The zero-order chi connectivity index (χ0) is 26.5. The van der Waals surface area contributed by atoms with Crippen LogP contribution in [-0.4, -0.2) is 31.1 Å². The summed E-state index contributed by atoms with van der Waals surface area (Å²) < 4.78 is 131. The largest absolute Gasteiger partial charge is 0.527 e. The summed E-state index contributed by atoms with van der Waals surface area (Å²) in [7, 11) is 0. The Morgan fingerprint density at radius 1 is 0.972 bits per heavy atom. The van der Waals surface area contributed by atoms with Crippen LogP contribution in [-0.2, 0) is 31.0 Å². The third kappa shape index (κ3) is 4.90. The SMILES string of the molecule is CCCC12COC(c3cc(F)c(C(=O)Oc4ccc(C(F)(F)OC(F)(F)F)c(F)c4)c(F)c3)(OC1)O2. The first-order chi connectivity index (χ1) is 16.7. The fourth-order valence-corrected chi connectivity index (χ4v) is 3.91. The molecule has 0 atom stereocenters. The Morgan fingerprint density at radius 2 is 1.58 bits per heavy atom. The number of carbonyl (C=O) groups excluding carboxylic acids is 1. The summed E-state index contributed by atoms with van der Waals surface area (Å²) in [5, 5.41) is 0. The number of hydrogen-bond donors (Lipinski definition) is 0. The molecule has 0 radical (unpaired) electrons. The summed E-state index contributed by atoms with van der Waals surface area (Å²) in [6.45, 7) is 2.13. The highest BCUT2D eigenvalue weighted by molar-refractivity contribution is 5.91. The Balaban J connectivity index is 1.54. The molecular formula is C22H16F8O6. The average Bonchev–Trinajstić information content (AvgIpc) is 3.29. The number of halogens is 8. The molecular weight excluding hydrogens is 512 g/mol. The zero-order valence-electron chi connectivity index (χ0n) is 18.2. The highest BCUT2D eigenvalue weighted by Crippen LogP contribution is 2.49. The van der Waals surface area contributed by atoms with Gasteiger partial charge in [-0.25, -0.2) is 22.7 Å². The van der Waals surface area contributed by atoms with Crippen molar-refractivity contribution in [2.45, 2.75) is 43.8 Å². The summed E-state index contributed by atoms with van der Waals surface area (Å²) >= 11 is 0. The predicted molar refractivity (Wildman–Crippen MR) is 101 cm³/mol. The average molecular weight is 528 g/mol. The number of fused-ring (bicyclic) bond motifs is 2. The Hall–Kier alpha value is -2.81. The molecule has 0 saturated carbocycles. The molecule has 4 rings (SSSR count).